The molecule has 19 heavy (non-hydrogen) atoms. The number of aryl methyl sites for hydroxylation is 1. The van der Waals surface area contributed by atoms with Gasteiger partial charge < -0.3 is 10.4 Å². The van der Waals surface area contributed by atoms with Crippen LogP contribution in [0.15, 0.2) is 42.6 Å². The number of anilines is 1. The van der Waals surface area contributed by atoms with Crippen molar-refractivity contribution in [3.05, 3.63) is 59.4 Å². The number of pyridine rings is 1. The zero-order valence-electron chi connectivity index (χ0n) is 10.3. The molecule has 1 aromatic carbocycles. The van der Waals surface area contributed by atoms with E-state index in [2.05, 4.69) is 10.3 Å². The van der Waals surface area contributed by atoms with E-state index < -0.39 is 5.97 Å². The molecule has 1 heterocycles. The van der Waals surface area contributed by atoms with E-state index in [4.69, 9.17) is 5.11 Å². The van der Waals surface area contributed by atoms with E-state index in [9.17, 15) is 9.59 Å². The Morgan fingerprint density at radius 1 is 1.16 bits per heavy atom. The Kier molecular flexibility index (Phi) is 3.56. The minimum absolute atomic E-state index is 0.0792. The van der Waals surface area contributed by atoms with Crippen molar-refractivity contribution in [1.29, 1.82) is 0 Å². The number of aromatic carboxylic acids is 1. The molecule has 0 radical (unpaired) electrons. The minimum atomic E-state index is -1.06. The average Bonchev–Trinajstić information content (AvgIpc) is 2.41. The smallest absolute Gasteiger partial charge is 0.335 e. The summed E-state index contributed by atoms with van der Waals surface area (Å²) in [6, 6.07) is 9.33. The van der Waals surface area contributed by atoms with Gasteiger partial charge in [-0.05, 0) is 37.3 Å². The van der Waals surface area contributed by atoms with Crippen LogP contribution in [0.25, 0.3) is 0 Å². The van der Waals surface area contributed by atoms with E-state index in [-0.39, 0.29) is 11.5 Å². The van der Waals surface area contributed by atoms with Gasteiger partial charge in [-0.3, -0.25) is 9.78 Å². The van der Waals surface area contributed by atoms with Crippen molar-refractivity contribution in [3.63, 3.8) is 0 Å². The fraction of sp³-hybridized carbons (Fsp3) is 0.0714. The zero-order chi connectivity index (χ0) is 13.8. The van der Waals surface area contributed by atoms with Gasteiger partial charge in [0.1, 0.15) is 0 Å². The van der Waals surface area contributed by atoms with Gasteiger partial charge in [0.05, 0.1) is 16.9 Å². The topological polar surface area (TPSA) is 79.3 Å². The lowest BCUT2D eigenvalue weighted by Crippen LogP contribution is -2.13. The van der Waals surface area contributed by atoms with Crippen LogP contribution in [-0.4, -0.2) is 22.0 Å². The summed E-state index contributed by atoms with van der Waals surface area (Å²) in [5, 5.41) is 11.6. The number of rotatable bonds is 3. The molecule has 0 aliphatic heterocycles. The lowest BCUT2D eigenvalue weighted by molar-refractivity contribution is 0.0697. The highest BCUT2D eigenvalue weighted by molar-refractivity contribution is 6.05. The number of hydrogen-bond donors (Lipinski definition) is 2. The SMILES string of the molecule is Cc1ncccc1NC(=O)c1cccc(C(=O)O)c1. The lowest BCUT2D eigenvalue weighted by atomic mass is 10.1. The van der Waals surface area contributed by atoms with Crippen molar-refractivity contribution < 1.29 is 14.7 Å². The summed E-state index contributed by atoms with van der Waals surface area (Å²) in [4.78, 5) is 26.9. The van der Waals surface area contributed by atoms with Gasteiger partial charge in [-0.15, -0.1) is 0 Å². The van der Waals surface area contributed by atoms with Crippen LogP contribution in [0.2, 0.25) is 0 Å². The fourth-order valence-electron chi connectivity index (χ4n) is 1.60. The van der Waals surface area contributed by atoms with Gasteiger partial charge >= 0.3 is 5.97 Å². The molecule has 0 unspecified atom stereocenters. The van der Waals surface area contributed by atoms with Crippen molar-refractivity contribution in [3.8, 4) is 0 Å². The number of hydrogen-bond acceptors (Lipinski definition) is 3. The van der Waals surface area contributed by atoms with Gasteiger partial charge in [-0.25, -0.2) is 4.79 Å². The number of carbonyl (C=O) groups is 2. The quantitative estimate of drug-likeness (QED) is 0.883. The molecule has 1 amide bonds. The Balaban J connectivity index is 2.23. The summed E-state index contributed by atoms with van der Waals surface area (Å²) in [7, 11) is 0. The van der Waals surface area contributed by atoms with Crippen molar-refractivity contribution in [1.82, 2.24) is 4.98 Å². The van der Waals surface area contributed by atoms with Crippen LogP contribution in [0.5, 0.6) is 0 Å². The number of benzene rings is 1. The first kappa shape index (κ1) is 12.8. The molecule has 2 rings (SSSR count). The van der Waals surface area contributed by atoms with E-state index in [0.717, 1.165) is 0 Å². The summed E-state index contributed by atoms with van der Waals surface area (Å²) in [6.07, 6.45) is 1.63. The van der Waals surface area contributed by atoms with E-state index in [1.807, 2.05) is 0 Å². The van der Waals surface area contributed by atoms with E-state index in [1.165, 1.54) is 18.2 Å². The Bertz CT molecular complexity index is 638. The van der Waals surface area contributed by atoms with E-state index in [0.29, 0.717) is 16.9 Å². The number of aromatic nitrogens is 1. The minimum Gasteiger partial charge on any atom is -0.478 e. The van der Waals surface area contributed by atoms with Crippen molar-refractivity contribution in [2.75, 3.05) is 5.32 Å². The molecule has 5 nitrogen and oxygen atoms in total. The maximum Gasteiger partial charge on any atom is 0.335 e. The van der Waals surface area contributed by atoms with Gasteiger partial charge in [-0.2, -0.15) is 0 Å². The summed E-state index contributed by atoms with van der Waals surface area (Å²) < 4.78 is 0. The third-order valence-corrected chi connectivity index (χ3v) is 2.63. The Morgan fingerprint density at radius 3 is 2.58 bits per heavy atom. The molecule has 96 valence electrons. The molecule has 0 aliphatic carbocycles. The molecule has 0 saturated carbocycles. The fourth-order valence-corrected chi connectivity index (χ4v) is 1.60. The first-order chi connectivity index (χ1) is 9.08. The number of nitrogens with zero attached hydrogens (tertiary/aromatic N) is 1. The Labute approximate surface area is 109 Å². The van der Waals surface area contributed by atoms with Crippen LogP contribution in [0.4, 0.5) is 5.69 Å². The third kappa shape index (κ3) is 2.95. The van der Waals surface area contributed by atoms with Crippen LogP contribution < -0.4 is 5.32 Å². The second-order valence-electron chi connectivity index (χ2n) is 3.98. The number of nitrogens with one attached hydrogen (secondary N) is 1. The standard InChI is InChI=1S/C14H12N2O3/c1-9-12(6-3-7-15-9)16-13(17)10-4-2-5-11(8-10)14(18)19/h2-8H,1H3,(H,16,17)(H,18,19). The van der Waals surface area contributed by atoms with Gasteiger partial charge in [0.15, 0.2) is 0 Å². The summed E-state index contributed by atoms with van der Waals surface area (Å²) >= 11 is 0. The predicted molar refractivity (Wildman–Crippen MR) is 70.3 cm³/mol. The molecule has 0 atom stereocenters. The van der Waals surface area contributed by atoms with Crippen molar-refractivity contribution in [2.45, 2.75) is 6.92 Å². The Morgan fingerprint density at radius 2 is 1.89 bits per heavy atom. The maximum absolute atomic E-state index is 12.0. The highest BCUT2D eigenvalue weighted by Gasteiger charge is 2.10. The predicted octanol–water partition coefficient (Wildman–Crippen LogP) is 2.34. The van der Waals surface area contributed by atoms with Gasteiger partial charge in [0.25, 0.3) is 5.91 Å². The number of amides is 1. The highest BCUT2D eigenvalue weighted by Crippen LogP contribution is 2.13. The molecule has 0 spiro atoms. The van der Waals surface area contributed by atoms with Crippen LogP contribution in [0.1, 0.15) is 26.4 Å². The Hall–Kier alpha value is -2.69. The third-order valence-electron chi connectivity index (χ3n) is 2.63. The van der Waals surface area contributed by atoms with E-state index >= 15 is 0 Å². The summed E-state index contributed by atoms with van der Waals surface area (Å²) in [6.45, 7) is 1.78. The summed E-state index contributed by atoms with van der Waals surface area (Å²) in [5.41, 5.74) is 1.68. The second-order valence-corrected chi connectivity index (χ2v) is 3.98. The van der Waals surface area contributed by atoms with Gasteiger partial charge in [-0.1, -0.05) is 6.07 Å². The van der Waals surface area contributed by atoms with Crippen LogP contribution in [-0.2, 0) is 0 Å². The lowest BCUT2D eigenvalue weighted by Gasteiger charge is -2.07. The monoisotopic (exact) mass is 256 g/mol. The number of carboxylic acids is 1. The molecule has 2 N–H and O–H groups in total. The average molecular weight is 256 g/mol. The molecular formula is C14H12N2O3. The number of carbonyl (C=O) groups excluding carboxylic acids is 1. The van der Waals surface area contributed by atoms with Crippen molar-refractivity contribution >= 4 is 17.6 Å². The summed E-state index contributed by atoms with van der Waals surface area (Å²) in [5.74, 6) is -1.42. The van der Waals surface area contributed by atoms with Crippen molar-refractivity contribution in [2.24, 2.45) is 0 Å². The molecule has 5 heteroatoms. The largest absolute Gasteiger partial charge is 0.478 e. The first-order valence-electron chi connectivity index (χ1n) is 5.64. The van der Waals surface area contributed by atoms with Gasteiger partial charge in [0.2, 0.25) is 0 Å². The highest BCUT2D eigenvalue weighted by atomic mass is 16.4. The molecule has 0 bridgehead atoms. The molecule has 0 aliphatic rings. The van der Waals surface area contributed by atoms with E-state index in [1.54, 1.807) is 31.3 Å². The molecule has 0 fully saturated rings. The molecular weight excluding hydrogens is 244 g/mol. The zero-order valence-corrected chi connectivity index (χ0v) is 10.3. The molecule has 1 aromatic heterocycles. The molecule has 2 aromatic rings. The normalized spacial score (nSPS) is 9.95. The molecule has 0 saturated heterocycles. The maximum atomic E-state index is 12.0. The second kappa shape index (κ2) is 5.30. The first-order valence-corrected chi connectivity index (χ1v) is 5.64. The van der Waals surface area contributed by atoms with Crippen LogP contribution >= 0.6 is 0 Å². The van der Waals surface area contributed by atoms with Crippen LogP contribution in [0, 0.1) is 6.92 Å². The van der Waals surface area contributed by atoms with Gasteiger partial charge in [0, 0.05) is 11.8 Å². The van der Waals surface area contributed by atoms with Crippen LogP contribution in [0.3, 0.4) is 0 Å². The number of carboxylic acid groups (broad SMARTS) is 1.